The molecule has 2 aromatic rings. The fraction of sp³-hybridized carbons (Fsp3) is 0.600. The van der Waals surface area contributed by atoms with Gasteiger partial charge in [-0.25, -0.2) is 9.97 Å². The summed E-state index contributed by atoms with van der Waals surface area (Å²) in [6.45, 7) is 0. The monoisotopic (exact) mass is 291 g/mol. The highest BCUT2D eigenvalue weighted by Crippen LogP contribution is 2.36. The molecule has 0 radical (unpaired) electrons. The van der Waals surface area contributed by atoms with Crippen molar-refractivity contribution < 1.29 is 4.74 Å². The molecule has 1 unspecified atom stereocenters. The van der Waals surface area contributed by atoms with Gasteiger partial charge >= 0.3 is 0 Å². The van der Waals surface area contributed by atoms with Crippen molar-refractivity contribution in [3.05, 3.63) is 17.3 Å². The molecule has 20 heavy (non-hydrogen) atoms. The average molecular weight is 291 g/mol. The Kier molecular flexibility index (Phi) is 4.17. The molecule has 0 amide bonds. The fourth-order valence-corrected chi connectivity index (χ4v) is 3.91. The maximum Gasteiger partial charge on any atom is 0.161 e. The van der Waals surface area contributed by atoms with Crippen molar-refractivity contribution in [3.63, 3.8) is 0 Å². The Morgan fingerprint density at radius 2 is 2.10 bits per heavy atom. The summed E-state index contributed by atoms with van der Waals surface area (Å²) in [5.74, 6) is 2.29. The normalized spacial score (nSPS) is 18.3. The van der Waals surface area contributed by atoms with Gasteiger partial charge in [0.05, 0.1) is 5.39 Å². The molecule has 108 valence electrons. The molecule has 1 aliphatic rings. The highest BCUT2D eigenvalue weighted by molar-refractivity contribution is 7.16. The SMILES string of the molecule is CNc1nc(C(OC)C2CCCCC2)nc2sccc12. The summed E-state index contributed by atoms with van der Waals surface area (Å²) in [4.78, 5) is 10.5. The highest BCUT2D eigenvalue weighted by atomic mass is 32.1. The van der Waals surface area contributed by atoms with Gasteiger partial charge in [-0.3, -0.25) is 0 Å². The molecular formula is C15H21N3OS. The van der Waals surface area contributed by atoms with Gasteiger partial charge in [0.25, 0.3) is 0 Å². The van der Waals surface area contributed by atoms with Crippen LogP contribution in [0.4, 0.5) is 5.82 Å². The maximum absolute atomic E-state index is 5.75. The third-order valence-corrected chi connectivity index (χ3v) is 4.97. The van der Waals surface area contributed by atoms with Crippen LogP contribution < -0.4 is 5.32 Å². The van der Waals surface area contributed by atoms with E-state index in [9.17, 15) is 0 Å². The number of anilines is 1. The third kappa shape index (κ3) is 2.52. The van der Waals surface area contributed by atoms with Crippen LogP contribution in [-0.2, 0) is 4.74 Å². The zero-order valence-electron chi connectivity index (χ0n) is 12.1. The Morgan fingerprint density at radius 1 is 1.30 bits per heavy atom. The van der Waals surface area contributed by atoms with E-state index >= 15 is 0 Å². The average Bonchev–Trinajstić information content (AvgIpc) is 2.97. The van der Waals surface area contributed by atoms with Gasteiger partial charge in [-0.1, -0.05) is 19.3 Å². The number of nitrogens with one attached hydrogen (secondary N) is 1. The zero-order chi connectivity index (χ0) is 13.9. The second-order valence-electron chi connectivity index (χ2n) is 5.37. The van der Waals surface area contributed by atoms with Crippen LogP contribution in [0.1, 0.15) is 44.0 Å². The zero-order valence-corrected chi connectivity index (χ0v) is 12.9. The number of thiophene rings is 1. The summed E-state index contributed by atoms with van der Waals surface area (Å²) in [5, 5.41) is 6.34. The molecule has 2 aromatic heterocycles. The lowest BCUT2D eigenvalue weighted by molar-refractivity contribution is 0.0293. The van der Waals surface area contributed by atoms with Crippen LogP contribution in [-0.4, -0.2) is 24.1 Å². The van der Waals surface area contributed by atoms with Crippen LogP contribution in [0.2, 0.25) is 0 Å². The topological polar surface area (TPSA) is 47.0 Å². The van der Waals surface area contributed by atoms with E-state index in [0.29, 0.717) is 5.92 Å². The van der Waals surface area contributed by atoms with Crippen LogP contribution >= 0.6 is 11.3 Å². The number of hydrogen-bond donors (Lipinski definition) is 1. The number of aromatic nitrogens is 2. The van der Waals surface area contributed by atoms with Gasteiger partial charge in [-0.05, 0) is 30.2 Å². The van der Waals surface area contributed by atoms with Crippen LogP contribution in [0, 0.1) is 5.92 Å². The predicted octanol–water partition coefficient (Wildman–Crippen LogP) is 4.00. The van der Waals surface area contributed by atoms with Crippen molar-refractivity contribution >= 4 is 27.4 Å². The van der Waals surface area contributed by atoms with E-state index in [1.807, 2.05) is 7.05 Å². The summed E-state index contributed by atoms with van der Waals surface area (Å²) in [6.07, 6.45) is 6.40. The van der Waals surface area contributed by atoms with Crippen molar-refractivity contribution in [2.45, 2.75) is 38.2 Å². The summed E-state index contributed by atoms with van der Waals surface area (Å²) in [5.41, 5.74) is 0. The fourth-order valence-electron chi connectivity index (χ4n) is 3.14. The molecule has 1 fully saturated rings. The smallest absolute Gasteiger partial charge is 0.161 e. The number of hydrogen-bond acceptors (Lipinski definition) is 5. The third-order valence-electron chi connectivity index (χ3n) is 4.17. The lowest BCUT2D eigenvalue weighted by atomic mass is 9.85. The molecule has 0 aliphatic heterocycles. The number of ether oxygens (including phenoxy) is 1. The van der Waals surface area contributed by atoms with E-state index in [1.165, 1.54) is 32.1 Å². The predicted molar refractivity (Wildman–Crippen MR) is 83.3 cm³/mol. The van der Waals surface area contributed by atoms with Crippen LogP contribution in [0.25, 0.3) is 10.2 Å². The number of rotatable bonds is 4. The van der Waals surface area contributed by atoms with Gasteiger partial charge in [0.1, 0.15) is 16.8 Å². The van der Waals surface area contributed by atoms with E-state index in [1.54, 1.807) is 18.4 Å². The van der Waals surface area contributed by atoms with Gasteiger partial charge in [-0.15, -0.1) is 11.3 Å². The first kappa shape index (κ1) is 13.8. The molecule has 1 atom stereocenters. The van der Waals surface area contributed by atoms with Gasteiger partial charge in [-0.2, -0.15) is 0 Å². The number of fused-ring (bicyclic) bond motifs is 1. The number of methoxy groups -OCH3 is 1. The molecule has 1 aliphatic carbocycles. The van der Waals surface area contributed by atoms with Crippen molar-refractivity contribution in [1.82, 2.24) is 9.97 Å². The summed E-state index contributed by atoms with van der Waals surface area (Å²) in [7, 11) is 3.69. The highest BCUT2D eigenvalue weighted by Gasteiger charge is 2.28. The minimum atomic E-state index is 0.0221. The lowest BCUT2D eigenvalue weighted by Gasteiger charge is -2.28. The molecule has 2 heterocycles. The summed E-state index contributed by atoms with van der Waals surface area (Å²) >= 11 is 1.66. The molecule has 0 saturated heterocycles. The molecular weight excluding hydrogens is 270 g/mol. The maximum atomic E-state index is 5.75. The Bertz CT molecular complexity index is 578. The second-order valence-corrected chi connectivity index (χ2v) is 6.27. The Hall–Kier alpha value is -1.20. The van der Waals surface area contributed by atoms with E-state index in [4.69, 9.17) is 14.7 Å². The summed E-state index contributed by atoms with van der Waals surface area (Å²) < 4.78 is 5.75. The minimum absolute atomic E-state index is 0.0221. The molecule has 0 spiro atoms. The van der Waals surface area contributed by atoms with Crippen molar-refractivity contribution in [3.8, 4) is 0 Å². The van der Waals surface area contributed by atoms with E-state index in [-0.39, 0.29) is 6.10 Å². The van der Waals surface area contributed by atoms with E-state index in [0.717, 1.165) is 21.9 Å². The molecule has 0 bridgehead atoms. The lowest BCUT2D eigenvalue weighted by Crippen LogP contribution is -2.20. The van der Waals surface area contributed by atoms with Crippen molar-refractivity contribution in [2.24, 2.45) is 5.92 Å². The molecule has 5 heteroatoms. The van der Waals surface area contributed by atoms with E-state index in [2.05, 4.69) is 16.8 Å². The largest absolute Gasteiger partial charge is 0.373 e. The molecule has 4 nitrogen and oxygen atoms in total. The minimum Gasteiger partial charge on any atom is -0.373 e. The molecule has 1 N–H and O–H groups in total. The first-order valence-corrected chi connectivity index (χ1v) is 8.17. The Labute approximate surface area is 123 Å². The van der Waals surface area contributed by atoms with Crippen molar-refractivity contribution in [2.75, 3.05) is 19.5 Å². The van der Waals surface area contributed by atoms with Crippen LogP contribution in [0.15, 0.2) is 11.4 Å². The molecule has 3 rings (SSSR count). The standard InChI is InChI=1S/C15H21N3OS/c1-16-13-11-8-9-20-15(11)18-14(17-13)12(19-2)10-6-4-3-5-7-10/h8-10,12H,3-7H2,1-2H3,(H,16,17,18). The quantitative estimate of drug-likeness (QED) is 0.925. The summed E-state index contributed by atoms with van der Waals surface area (Å²) in [6, 6.07) is 2.07. The van der Waals surface area contributed by atoms with Gasteiger partial charge in [0.2, 0.25) is 0 Å². The molecule has 1 saturated carbocycles. The Morgan fingerprint density at radius 3 is 2.80 bits per heavy atom. The molecule has 0 aromatic carbocycles. The second kappa shape index (κ2) is 6.06. The Balaban J connectivity index is 1.97. The van der Waals surface area contributed by atoms with Gasteiger partial charge in [0, 0.05) is 14.2 Å². The van der Waals surface area contributed by atoms with E-state index < -0.39 is 0 Å². The first-order chi connectivity index (χ1) is 9.83. The van der Waals surface area contributed by atoms with Crippen LogP contribution in [0.5, 0.6) is 0 Å². The first-order valence-electron chi connectivity index (χ1n) is 7.29. The van der Waals surface area contributed by atoms with Crippen molar-refractivity contribution in [1.29, 1.82) is 0 Å². The van der Waals surface area contributed by atoms with Crippen LogP contribution in [0.3, 0.4) is 0 Å². The van der Waals surface area contributed by atoms with Gasteiger partial charge in [0.15, 0.2) is 5.82 Å². The van der Waals surface area contributed by atoms with Gasteiger partial charge < -0.3 is 10.1 Å². The number of nitrogens with zero attached hydrogens (tertiary/aromatic N) is 2.